The van der Waals surface area contributed by atoms with Crippen LogP contribution in [0, 0.1) is 0 Å². The summed E-state index contributed by atoms with van der Waals surface area (Å²) in [6.07, 6.45) is 2.55. The zero-order valence-corrected chi connectivity index (χ0v) is 14.9. The Labute approximate surface area is 150 Å². The lowest BCUT2D eigenvalue weighted by atomic mass is 10.1. The minimum atomic E-state index is 0.221. The van der Waals surface area contributed by atoms with E-state index in [-0.39, 0.29) is 6.79 Å². The molecular formula is C17H20N4O3S. The molecule has 0 saturated heterocycles. The highest BCUT2D eigenvalue weighted by Gasteiger charge is 2.18. The average Bonchev–Trinajstić information content (AvgIpc) is 3.14. The van der Waals surface area contributed by atoms with Crippen molar-refractivity contribution in [3.63, 3.8) is 0 Å². The van der Waals surface area contributed by atoms with Gasteiger partial charge in [-0.25, -0.2) is 9.97 Å². The van der Waals surface area contributed by atoms with Crippen LogP contribution in [0.15, 0.2) is 29.8 Å². The molecule has 8 heteroatoms. The van der Waals surface area contributed by atoms with Gasteiger partial charge < -0.3 is 25.3 Å². The maximum Gasteiger partial charge on any atom is 0.231 e. The van der Waals surface area contributed by atoms with Gasteiger partial charge in [-0.3, -0.25) is 0 Å². The molecule has 3 N–H and O–H groups in total. The number of ether oxygens (including phenoxy) is 2. The summed E-state index contributed by atoms with van der Waals surface area (Å²) in [7, 11) is 3.25. The standard InChI is InChI=1S/C16H15N3O3S.CH5N/c1-3-11-14(10-4-5-12-13(8-10)22-9-21-12)18-16(17-2)19-15(11)23-7-6-20;1-2/h3-6,8H,1,7,9H2,2H3,(H,17,18,19);2H2,1H3. The molecule has 2 aromatic rings. The third-order valence-electron chi connectivity index (χ3n) is 3.27. The lowest BCUT2D eigenvalue weighted by Crippen LogP contribution is -2.03. The first-order valence-electron chi connectivity index (χ1n) is 7.53. The number of nitrogens with zero attached hydrogens (tertiary/aromatic N) is 2. The van der Waals surface area contributed by atoms with Gasteiger partial charge in [-0.15, -0.1) is 0 Å². The minimum absolute atomic E-state index is 0.221. The van der Waals surface area contributed by atoms with E-state index in [0.29, 0.717) is 28.2 Å². The first-order chi connectivity index (χ1) is 12.3. The minimum Gasteiger partial charge on any atom is -0.454 e. The van der Waals surface area contributed by atoms with E-state index in [9.17, 15) is 4.79 Å². The molecule has 0 amide bonds. The lowest BCUT2D eigenvalue weighted by Gasteiger charge is -2.12. The first-order valence-corrected chi connectivity index (χ1v) is 8.51. The molecule has 25 heavy (non-hydrogen) atoms. The maximum absolute atomic E-state index is 10.7. The molecule has 0 spiro atoms. The predicted molar refractivity (Wildman–Crippen MR) is 100 cm³/mol. The number of hydrogen-bond acceptors (Lipinski definition) is 8. The van der Waals surface area contributed by atoms with E-state index in [1.807, 2.05) is 18.2 Å². The van der Waals surface area contributed by atoms with Crippen LogP contribution in [-0.2, 0) is 4.79 Å². The summed E-state index contributed by atoms with van der Waals surface area (Å²) in [5.74, 6) is 2.20. The largest absolute Gasteiger partial charge is 0.454 e. The van der Waals surface area contributed by atoms with Crippen LogP contribution >= 0.6 is 11.8 Å². The number of anilines is 1. The monoisotopic (exact) mass is 360 g/mol. The molecule has 0 atom stereocenters. The number of aromatic nitrogens is 2. The van der Waals surface area contributed by atoms with Crippen LogP contribution in [0.25, 0.3) is 17.3 Å². The van der Waals surface area contributed by atoms with Crippen LogP contribution < -0.4 is 20.5 Å². The van der Waals surface area contributed by atoms with Crippen molar-refractivity contribution in [3.05, 3.63) is 30.3 Å². The van der Waals surface area contributed by atoms with Crippen molar-refractivity contribution < 1.29 is 14.3 Å². The maximum atomic E-state index is 10.7. The van der Waals surface area contributed by atoms with E-state index in [4.69, 9.17) is 9.47 Å². The molecule has 1 aromatic heterocycles. The van der Waals surface area contributed by atoms with E-state index in [0.717, 1.165) is 23.1 Å². The molecule has 1 aliphatic rings. The van der Waals surface area contributed by atoms with Gasteiger partial charge in [0.15, 0.2) is 11.5 Å². The van der Waals surface area contributed by atoms with Crippen molar-refractivity contribution in [1.29, 1.82) is 0 Å². The van der Waals surface area contributed by atoms with Gasteiger partial charge in [0.1, 0.15) is 11.3 Å². The number of carbonyl (C=O) groups is 1. The number of fused-ring (bicyclic) bond motifs is 1. The number of carbonyl (C=O) groups excluding carboxylic acids is 1. The van der Waals surface area contributed by atoms with Gasteiger partial charge in [0.25, 0.3) is 0 Å². The highest BCUT2D eigenvalue weighted by molar-refractivity contribution is 7.99. The number of rotatable bonds is 6. The van der Waals surface area contributed by atoms with Crippen molar-refractivity contribution in [1.82, 2.24) is 9.97 Å². The van der Waals surface area contributed by atoms with Gasteiger partial charge in [0, 0.05) is 18.2 Å². The molecule has 1 aliphatic heterocycles. The molecule has 132 valence electrons. The van der Waals surface area contributed by atoms with Crippen molar-refractivity contribution >= 4 is 30.1 Å². The highest BCUT2D eigenvalue weighted by Crippen LogP contribution is 2.38. The lowest BCUT2D eigenvalue weighted by molar-refractivity contribution is -0.105. The van der Waals surface area contributed by atoms with E-state index < -0.39 is 0 Å². The van der Waals surface area contributed by atoms with E-state index in [1.54, 1.807) is 13.1 Å². The molecule has 1 aromatic carbocycles. The Balaban J connectivity index is 0.00000109. The summed E-state index contributed by atoms with van der Waals surface area (Å²) in [6.45, 7) is 4.08. The molecule has 0 bridgehead atoms. The van der Waals surface area contributed by atoms with Gasteiger partial charge in [-0.05, 0) is 25.2 Å². The number of benzene rings is 1. The highest BCUT2D eigenvalue weighted by atomic mass is 32.2. The fraction of sp³-hybridized carbons (Fsp3) is 0.235. The molecule has 0 saturated carbocycles. The second kappa shape index (κ2) is 9.05. The van der Waals surface area contributed by atoms with Gasteiger partial charge in [-0.1, -0.05) is 24.4 Å². The van der Waals surface area contributed by atoms with Gasteiger partial charge in [0.2, 0.25) is 12.7 Å². The normalized spacial score (nSPS) is 11.3. The van der Waals surface area contributed by atoms with Crippen molar-refractivity contribution in [3.8, 4) is 22.8 Å². The molecule has 2 heterocycles. The van der Waals surface area contributed by atoms with E-state index in [2.05, 4.69) is 27.6 Å². The number of nitrogens with one attached hydrogen (secondary N) is 1. The summed E-state index contributed by atoms with van der Waals surface area (Å²) >= 11 is 1.35. The second-order valence-electron chi connectivity index (χ2n) is 4.61. The first kappa shape index (κ1) is 18.8. The number of aldehydes is 1. The summed E-state index contributed by atoms with van der Waals surface area (Å²) < 4.78 is 10.8. The fourth-order valence-electron chi connectivity index (χ4n) is 2.23. The summed E-state index contributed by atoms with van der Waals surface area (Å²) in [4.78, 5) is 19.6. The third kappa shape index (κ3) is 4.09. The smallest absolute Gasteiger partial charge is 0.231 e. The van der Waals surface area contributed by atoms with E-state index >= 15 is 0 Å². The number of nitrogens with two attached hydrogens (primary N) is 1. The Morgan fingerprint density at radius 3 is 2.76 bits per heavy atom. The zero-order chi connectivity index (χ0) is 18.2. The Morgan fingerprint density at radius 1 is 1.32 bits per heavy atom. The van der Waals surface area contributed by atoms with Crippen molar-refractivity contribution in [2.24, 2.45) is 5.73 Å². The topological polar surface area (TPSA) is 99.4 Å². The van der Waals surface area contributed by atoms with Crippen molar-refractivity contribution in [2.45, 2.75) is 5.03 Å². The number of thioether (sulfide) groups is 1. The molecule has 0 radical (unpaired) electrons. The SMILES string of the molecule is C=Cc1c(SCC=O)nc(NC)nc1-c1ccc2c(c1)OCO2.CN. The van der Waals surface area contributed by atoms with Crippen LogP contribution in [0.1, 0.15) is 5.56 Å². The predicted octanol–water partition coefficient (Wildman–Crippen LogP) is 2.42. The fourth-order valence-corrected chi connectivity index (χ4v) is 2.94. The average molecular weight is 360 g/mol. The van der Waals surface area contributed by atoms with Crippen LogP contribution in [0.2, 0.25) is 0 Å². The Morgan fingerprint density at radius 2 is 2.08 bits per heavy atom. The Bertz CT molecular complexity index is 768. The van der Waals surface area contributed by atoms with Crippen LogP contribution in [0.4, 0.5) is 5.95 Å². The van der Waals surface area contributed by atoms with E-state index in [1.165, 1.54) is 18.8 Å². The molecular weight excluding hydrogens is 340 g/mol. The molecule has 0 aliphatic carbocycles. The van der Waals surface area contributed by atoms with Gasteiger partial charge in [-0.2, -0.15) is 0 Å². The molecule has 3 rings (SSSR count). The van der Waals surface area contributed by atoms with Crippen molar-refractivity contribution in [2.75, 3.05) is 32.0 Å². The summed E-state index contributed by atoms with van der Waals surface area (Å²) in [6, 6.07) is 5.64. The molecule has 0 fully saturated rings. The Hall–Kier alpha value is -2.58. The van der Waals surface area contributed by atoms with Crippen LogP contribution in [-0.4, -0.2) is 42.9 Å². The third-order valence-corrected chi connectivity index (χ3v) is 4.16. The van der Waals surface area contributed by atoms with Gasteiger partial charge in [0.05, 0.1) is 11.4 Å². The Kier molecular flexibility index (Phi) is 6.79. The molecule has 0 unspecified atom stereocenters. The van der Waals surface area contributed by atoms with Crippen LogP contribution in [0.3, 0.4) is 0 Å². The zero-order valence-electron chi connectivity index (χ0n) is 14.1. The number of hydrogen-bond donors (Lipinski definition) is 2. The summed E-state index contributed by atoms with van der Waals surface area (Å²) in [5.41, 5.74) is 6.89. The molecule has 7 nitrogen and oxygen atoms in total. The second-order valence-corrected chi connectivity index (χ2v) is 5.62. The summed E-state index contributed by atoms with van der Waals surface area (Å²) in [5, 5.41) is 3.65. The van der Waals surface area contributed by atoms with Gasteiger partial charge >= 0.3 is 0 Å². The van der Waals surface area contributed by atoms with Crippen LogP contribution in [0.5, 0.6) is 11.5 Å². The quantitative estimate of drug-likeness (QED) is 0.460.